The lowest BCUT2D eigenvalue weighted by molar-refractivity contribution is -0.125. The Balaban J connectivity index is 2.05. The molecule has 96 valence electrons. The highest BCUT2D eigenvalue weighted by molar-refractivity contribution is 6.06. The second-order valence-electron chi connectivity index (χ2n) is 5.05. The van der Waals surface area contributed by atoms with Crippen LogP contribution in [-0.2, 0) is 10.2 Å². The topological polar surface area (TPSA) is 29.1 Å². The Hall–Kier alpha value is -1.52. The number of hydrogen-bond acceptors (Lipinski definition) is 1. The average Bonchev–Trinajstić information content (AvgIpc) is 2.59. The molecule has 0 aromatic heterocycles. The van der Waals surface area contributed by atoms with E-state index in [9.17, 15) is 18.0 Å². The molecule has 0 radical (unpaired) electrons. The van der Waals surface area contributed by atoms with E-state index in [0.717, 1.165) is 0 Å². The Morgan fingerprint density at radius 1 is 1.11 bits per heavy atom. The summed E-state index contributed by atoms with van der Waals surface area (Å²) in [7, 11) is 0. The maximum atomic E-state index is 13.6. The fraction of sp³-hybridized carbons (Fsp3) is 0.462. The number of fused-ring (bicyclic) bond motifs is 2. The zero-order chi connectivity index (χ0) is 13.0. The van der Waals surface area contributed by atoms with Gasteiger partial charge in [-0.3, -0.25) is 4.79 Å². The molecule has 0 atom stereocenters. The number of carbonyl (C=O) groups is 1. The summed E-state index contributed by atoms with van der Waals surface area (Å²) >= 11 is 0. The first-order valence-electron chi connectivity index (χ1n) is 5.93. The van der Waals surface area contributed by atoms with E-state index in [1.54, 1.807) is 6.07 Å². The van der Waals surface area contributed by atoms with Crippen LogP contribution in [0.15, 0.2) is 18.2 Å². The highest BCUT2D eigenvalue weighted by atomic mass is 19.3. The summed E-state index contributed by atoms with van der Waals surface area (Å²) in [4.78, 5) is 12.0. The van der Waals surface area contributed by atoms with Gasteiger partial charge in [-0.1, -0.05) is 12.1 Å². The minimum Gasteiger partial charge on any atom is -0.323 e. The molecule has 1 spiro atoms. The number of rotatable bonds is 0. The van der Waals surface area contributed by atoms with E-state index in [2.05, 4.69) is 5.32 Å². The molecule has 1 aliphatic carbocycles. The Bertz CT molecular complexity index is 517. The van der Waals surface area contributed by atoms with Gasteiger partial charge < -0.3 is 5.32 Å². The number of amides is 1. The Labute approximate surface area is 102 Å². The van der Waals surface area contributed by atoms with E-state index in [0.29, 0.717) is 5.56 Å². The number of benzene rings is 1. The third-order valence-electron chi connectivity index (χ3n) is 4.04. The monoisotopic (exact) mass is 255 g/mol. The summed E-state index contributed by atoms with van der Waals surface area (Å²) in [6.07, 6.45) is -0.503. The van der Waals surface area contributed by atoms with Crippen molar-refractivity contribution in [3.63, 3.8) is 0 Å². The molecule has 5 heteroatoms. The number of alkyl halides is 2. The molecule has 0 saturated heterocycles. The predicted octanol–water partition coefficient (Wildman–Crippen LogP) is 3.22. The van der Waals surface area contributed by atoms with Gasteiger partial charge in [-0.25, -0.2) is 13.2 Å². The molecule has 1 N–H and O–H groups in total. The number of nitrogens with one attached hydrogen (secondary N) is 1. The van der Waals surface area contributed by atoms with Crippen LogP contribution in [0, 0.1) is 5.82 Å². The second-order valence-corrected chi connectivity index (χ2v) is 5.05. The summed E-state index contributed by atoms with van der Waals surface area (Å²) in [5, 5.41) is 2.49. The van der Waals surface area contributed by atoms with Crippen molar-refractivity contribution in [2.75, 3.05) is 5.32 Å². The molecular formula is C13H12F3NO. The summed E-state index contributed by atoms with van der Waals surface area (Å²) in [6.45, 7) is 0. The molecule has 1 heterocycles. The minimum absolute atomic E-state index is 0.0717. The summed E-state index contributed by atoms with van der Waals surface area (Å²) < 4.78 is 40.0. The van der Waals surface area contributed by atoms with Crippen LogP contribution in [-0.4, -0.2) is 11.8 Å². The second kappa shape index (κ2) is 3.49. The van der Waals surface area contributed by atoms with E-state index in [1.165, 1.54) is 12.1 Å². The van der Waals surface area contributed by atoms with Crippen molar-refractivity contribution >= 4 is 11.6 Å². The van der Waals surface area contributed by atoms with Crippen LogP contribution in [0.4, 0.5) is 18.9 Å². The van der Waals surface area contributed by atoms with Gasteiger partial charge >= 0.3 is 0 Å². The highest BCUT2D eigenvalue weighted by Crippen LogP contribution is 2.51. The van der Waals surface area contributed by atoms with Gasteiger partial charge in [-0.05, 0) is 24.5 Å². The number of para-hydroxylation sites is 1. The van der Waals surface area contributed by atoms with Gasteiger partial charge in [0.15, 0.2) is 0 Å². The average molecular weight is 255 g/mol. The van der Waals surface area contributed by atoms with Crippen molar-refractivity contribution in [1.29, 1.82) is 0 Å². The smallest absolute Gasteiger partial charge is 0.248 e. The molecule has 1 aromatic rings. The molecule has 18 heavy (non-hydrogen) atoms. The maximum absolute atomic E-state index is 13.6. The zero-order valence-corrected chi connectivity index (χ0v) is 9.60. The van der Waals surface area contributed by atoms with E-state index in [-0.39, 0.29) is 37.3 Å². The van der Waals surface area contributed by atoms with Crippen LogP contribution in [0.2, 0.25) is 0 Å². The standard InChI is InChI=1S/C13H12F3NO/c14-9-3-1-2-8-10(9)17-11(18)12(8)4-6-13(15,16)7-5-12/h1-3H,4-7H2,(H,17,18). The normalized spacial score (nSPS) is 23.8. The number of carbonyl (C=O) groups excluding carboxylic acids is 1. The van der Waals surface area contributed by atoms with E-state index < -0.39 is 17.2 Å². The SMILES string of the molecule is O=C1Nc2c(F)cccc2C12CCC(F)(F)CC2. The molecule has 1 amide bonds. The molecule has 1 aromatic carbocycles. The summed E-state index contributed by atoms with van der Waals surface area (Å²) in [6, 6.07) is 4.43. The summed E-state index contributed by atoms with van der Waals surface area (Å²) in [5.74, 6) is -3.56. The quantitative estimate of drug-likeness (QED) is 0.757. The molecule has 3 rings (SSSR count). The minimum atomic E-state index is -2.71. The molecule has 0 unspecified atom stereocenters. The van der Waals surface area contributed by atoms with Gasteiger partial charge in [0.2, 0.25) is 11.8 Å². The summed E-state index contributed by atoms with van der Waals surface area (Å²) in [5.41, 5.74) is -0.269. The lowest BCUT2D eigenvalue weighted by Gasteiger charge is -2.35. The van der Waals surface area contributed by atoms with Gasteiger partial charge in [0, 0.05) is 12.8 Å². The first kappa shape index (κ1) is 11.6. The first-order chi connectivity index (χ1) is 8.45. The zero-order valence-electron chi connectivity index (χ0n) is 9.60. The number of halogens is 3. The number of hydrogen-bond donors (Lipinski definition) is 1. The van der Waals surface area contributed by atoms with E-state index >= 15 is 0 Å². The van der Waals surface area contributed by atoms with Crippen LogP contribution >= 0.6 is 0 Å². The van der Waals surface area contributed by atoms with Crippen molar-refractivity contribution in [2.45, 2.75) is 37.0 Å². The lowest BCUT2D eigenvalue weighted by atomic mass is 9.69. The maximum Gasteiger partial charge on any atom is 0.248 e. The Morgan fingerprint density at radius 2 is 1.78 bits per heavy atom. The van der Waals surface area contributed by atoms with Crippen molar-refractivity contribution < 1.29 is 18.0 Å². The Kier molecular flexibility index (Phi) is 2.24. The van der Waals surface area contributed by atoms with Crippen LogP contribution in [0.5, 0.6) is 0 Å². The molecule has 1 saturated carbocycles. The van der Waals surface area contributed by atoms with E-state index in [1.807, 2.05) is 0 Å². The van der Waals surface area contributed by atoms with Crippen molar-refractivity contribution in [3.8, 4) is 0 Å². The fourth-order valence-electron chi connectivity index (χ4n) is 2.94. The first-order valence-corrected chi connectivity index (χ1v) is 5.93. The molecule has 2 aliphatic rings. The molecule has 1 aliphatic heterocycles. The fourth-order valence-corrected chi connectivity index (χ4v) is 2.94. The lowest BCUT2D eigenvalue weighted by Crippen LogP contribution is -2.41. The largest absolute Gasteiger partial charge is 0.323 e. The molecule has 0 bridgehead atoms. The van der Waals surface area contributed by atoms with Crippen LogP contribution in [0.1, 0.15) is 31.2 Å². The van der Waals surface area contributed by atoms with E-state index in [4.69, 9.17) is 0 Å². The van der Waals surface area contributed by atoms with Gasteiger partial charge in [0.1, 0.15) is 5.82 Å². The van der Waals surface area contributed by atoms with Gasteiger partial charge in [0.25, 0.3) is 0 Å². The van der Waals surface area contributed by atoms with Crippen LogP contribution in [0.25, 0.3) is 0 Å². The molecular weight excluding hydrogens is 243 g/mol. The van der Waals surface area contributed by atoms with Gasteiger partial charge in [-0.15, -0.1) is 0 Å². The predicted molar refractivity (Wildman–Crippen MR) is 60.1 cm³/mol. The van der Waals surface area contributed by atoms with Crippen molar-refractivity contribution in [2.24, 2.45) is 0 Å². The van der Waals surface area contributed by atoms with Gasteiger partial charge in [0.05, 0.1) is 11.1 Å². The highest BCUT2D eigenvalue weighted by Gasteiger charge is 2.53. The molecule has 2 nitrogen and oxygen atoms in total. The third-order valence-corrected chi connectivity index (χ3v) is 4.04. The Morgan fingerprint density at radius 3 is 2.44 bits per heavy atom. The van der Waals surface area contributed by atoms with Crippen molar-refractivity contribution in [1.82, 2.24) is 0 Å². The third kappa shape index (κ3) is 1.46. The molecule has 1 fully saturated rings. The van der Waals surface area contributed by atoms with Crippen LogP contribution in [0.3, 0.4) is 0 Å². The van der Waals surface area contributed by atoms with Crippen LogP contribution < -0.4 is 5.32 Å². The van der Waals surface area contributed by atoms with Gasteiger partial charge in [-0.2, -0.15) is 0 Å². The number of anilines is 1. The van der Waals surface area contributed by atoms with Crippen molar-refractivity contribution in [3.05, 3.63) is 29.6 Å².